The van der Waals surface area contributed by atoms with E-state index in [9.17, 15) is 5.02 Å². The van der Waals surface area contributed by atoms with Crippen LogP contribution in [0.4, 0.5) is 0 Å². The Labute approximate surface area is 116 Å². The summed E-state index contributed by atoms with van der Waals surface area (Å²) in [5.41, 5.74) is 2.54. The maximum absolute atomic E-state index is 9.67. The molecule has 0 saturated heterocycles. The zero-order valence-electron chi connectivity index (χ0n) is 10.0. The van der Waals surface area contributed by atoms with Crippen molar-refractivity contribution in [1.82, 2.24) is 0 Å². The van der Waals surface area contributed by atoms with Gasteiger partial charge < -0.3 is 9.68 Å². The minimum Gasteiger partial charge on any atom is -0.423 e. The molecular weight excluding hydrogens is 257 g/mol. The van der Waals surface area contributed by atoms with E-state index in [1.54, 1.807) is 23.9 Å². The maximum Gasteiger partial charge on any atom is 0.491 e. The normalized spacial score (nSPS) is 13.2. The molecule has 0 amide bonds. The van der Waals surface area contributed by atoms with Crippen LogP contribution in [0.2, 0.25) is 0 Å². The molecule has 0 aliphatic carbocycles. The number of benzene rings is 2. The van der Waals surface area contributed by atoms with Crippen molar-refractivity contribution >= 4 is 24.3 Å². The third-order valence-electron chi connectivity index (χ3n) is 3.00. The Morgan fingerprint density at radius 2 is 1.89 bits per heavy atom. The van der Waals surface area contributed by atoms with Gasteiger partial charge in [-0.3, -0.25) is 0 Å². The number of rotatable bonds is 2. The predicted molar refractivity (Wildman–Crippen MR) is 74.1 cm³/mol. The van der Waals surface area contributed by atoms with Gasteiger partial charge in [0.15, 0.2) is 0 Å². The molecule has 0 aromatic heterocycles. The van der Waals surface area contributed by atoms with E-state index in [4.69, 9.17) is 9.92 Å². The molecule has 0 saturated carbocycles. The van der Waals surface area contributed by atoms with Gasteiger partial charge in [-0.2, -0.15) is 5.26 Å². The van der Waals surface area contributed by atoms with Crippen molar-refractivity contribution in [1.29, 1.82) is 5.26 Å². The molecule has 0 bridgehead atoms. The van der Waals surface area contributed by atoms with Gasteiger partial charge >= 0.3 is 7.12 Å². The zero-order chi connectivity index (χ0) is 13.2. The minimum absolute atomic E-state index is 0.471. The van der Waals surface area contributed by atoms with Crippen LogP contribution in [0.3, 0.4) is 0 Å². The molecule has 0 radical (unpaired) electrons. The first-order chi connectivity index (χ1) is 9.26. The van der Waals surface area contributed by atoms with Crippen LogP contribution in [0, 0.1) is 11.3 Å². The van der Waals surface area contributed by atoms with E-state index in [2.05, 4.69) is 6.07 Å². The van der Waals surface area contributed by atoms with Crippen LogP contribution in [0.5, 0.6) is 0 Å². The summed E-state index contributed by atoms with van der Waals surface area (Å²) >= 11 is 1.60. The van der Waals surface area contributed by atoms with Crippen LogP contribution in [0.15, 0.2) is 52.3 Å². The van der Waals surface area contributed by atoms with Crippen molar-refractivity contribution in [3.8, 4) is 6.07 Å². The van der Waals surface area contributed by atoms with E-state index < -0.39 is 7.12 Å². The quantitative estimate of drug-likeness (QED) is 0.845. The molecule has 92 valence electrons. The highest BCUT2D eigenvalue weighted by atomic mass is 32.2. The fraction of sp³-hybridized carbons (Fsp3) is 0.0714. The van der Waals surface area contributed by atoms with Crippen LogP contribution in [0.1, 0.15) is 11.1 Å². The Kier molecular flexibility index (Phi) is 3.30. The number of nitrogens with zero attached hydrogens (tertiary/aromatic N) is 1. The summed E-state index contributed by atoms with van der Waals surface area (Å²) < 4.78 is 5.17. The number of hydrogen-bond acceptors (Lipinski definition) is 4. The largest absolute Gasteiger partial charge is 0.491 e. The Bertz CT molecular complexity index is 651. The van der Waals surface area contributed by atoms with Crippen molar-refractivity contribution < 1.29 is 9.68 Å². The highest BCUT2D eigenvalue weighted by Gasteiger charge is 2.27. The smallest absolute Gasteiger partial charge is 0.423 e. The lowest BCUT2D eigenvalue weighted by Crippen LogP contribution is -2.27. The first kappa shape index (κ1) is 12.3. The van der Waals surface area contributed by atoms with Gasteiger partial charge in [-0.1, -0.05) is 17.8 Å². The molecular formula is C14H10BNO2S. The van der Waals surface area contributed by atoms with Crippen molar-refractivity contribution in [2.75, 3.05) is 0 Å². The van der Waals surface area contributed by atoms with Gasteiger partial charge in [0.25, 0.3) is 0 Å². The Balaban J connectivity index is 1.83. The predicted octanol–water partition coefficient (Wildman–Crippen LogP) is 1.93. The summed E-state index contributed by atoms with van der Waals surface area (Å²) in [5.74, 6) is 0. The topological polar surface area (TPSA) is 53.2 Å². The number of fused-ring (bicyclic) bond motifs is 1. The average Bonchev–Trinajstić information content (AvgIpc) is 2.81. The van der Waals surface area contributed by atoms with Gasteiger partial charge in [0.1, 0.15) is 0 Å². The molecule has 0 spiro atoms. The van der Waals surface area contributed by atoms with Crippen molar-refractivity contribution in [2.24, 2.45) is 0 Å². The average molecular weight is 267 g/mol. The van der Waals surface area contributed by atoms with E-state index in [1.165, 1.54) is 0 Å². The molecule has 1 N–H and O–H groups in total. The molecule has 1 heterocycles. The molecule has 2 aromatic carbocycles. The molecule has 0 fully saturated rings. The first-order valence-electron chi connectivity index (χ1n) is 5.87. The molecule has 19 heavy (non-hydrogen) atoms. The monoisotopic (exact) mass is 267 g/mol. The van der Waals surface area contributed by atoms with Crippen LogP contribution in [-0.4, -0.2) is 12.1 Å². The molecule has 0 unspecified atom stereocenters. The highest BCUT2D eigenvalue weighted by molar-refractivity contribution is 7.99. The SMILES string of the molecule is N#Cc1ccc(Sc2ccc3c(c2)B(O)OC3)cc1. The second kappa shape index (κ2) is 5.10. The molecule has 3 nitrogen and oxygen atoms in total. The third kappa shape index (κ3) is 2.52. The minimum atomic E-state index is -0.809. The third-order valence-corrected chi connectivity index (χ3v) is 4.00. The second-order valence-electron chi connectivity index (χ2n) is 4.26. The van der Waals surface area contributed by atoms with E-state index in [-0.39, 0.29) is 0 Å². The Morgan fingerprint density at radius 1 is 1.16 bits per heavy atom. The summed E-state index contributed by atoms with van der Waals surface area (Å²) in [6, 6.07) is 15.5. The van der Waals surface area contributed by atoms with Gasteiger partial charge in [-0.25, -0.2) is 0 Å². The van der Waals surface area contributed by atoms with Crippen LogP contribution >= 0.6 is 11.8 Å². The van der Waals surface area contributed by atoms with Crippen molar-refractivity contribution in [2.45, 2.75) is 16.4 Å². The Morgan fingerprint density at radius 3 is 2.63 bits per heavy atom. The van der Waals surface area contributed by atoms with Gasteiger partial charge in [0.2, 0.25) is 0 Å². The summed E-state index contributed by atoms with van der Waals surface area (Å²) in [7, 11) is -0.809. The number of hydrogen-bond donors (Lipinski definition) is 1. The second-order valence-corrected chi connectivity index (χ2v) is 5.41. The lowest BCUT2D eigenvalue weighted by Gasteiger charge is -2.04. The van der Waals surface area contributed by atoms with E-state index in [0.29, 0.717) is 12.2 Å². The van der Waals surface area contributed by atoms with Crippen LogP contribution in [-0.2, 0) is 11.3 Å². The van der Waals surface area contributed by atoms with Crippen molar-refractivity contribution in [3.63, 3.8) is 0 Å². The fourth-order valence-electron chi connectivity index (χ4n) is 1.99. The van der Waals surface area contributed by atoms with Gasteiger partial charge in [-0.15, -0.1) is 0 Å². The van der Waals surface area contributed by atoms with Gasteiger partial charge in [0.05, 0.1) is 18.2 Å². The van der Waals surface area contributed by atoms with Crippen LogP contribution in [0.25, 0.3) is 0 Å². The summed E-state index contributed by atoms with van der Waals surface area (Å²) in [6.45, 7) is 0.471. The molecule has 2 aromatic rings. The van der Waals surface area contributed by atoms with E-state index in [1.807, 2.05) is 30.3 Å². The van der Waals surface area contributed by atoms with E-state index in [0.717, 1.165) is 20.8 Å². The van der Waals surface area contributed by atoms with Crippen LogP contribution < -0.4 is 5.46 Å². The standard InChI is InChI=1S/C14H10BNO2S/c16-8-10-1-4-12(5-2-10)19-13-6-3-11-9-18-15(17)14(11)7-13/h1-7,17H,9H2. The van der Waals surface area contributed by atoms with Crippen molar-refractivity contribution in [3.05, 3.63) is 53.6 Å². The van der Waals surface area contributed by atoms with Gasteiger partial charge in [0, 0.05) is 9.79 Å². The van der Waals surface area contributed by atoms with Gasteiger partial charge in [-0.05, 0) is 47.4 Å². The molecule has 1 aliphatic heterocycles. The lowest BCUT2D eigenvalue weighted by molar-refractivity contribution is 0.275. The molecule has 5 heteroatoms. The molecule has 1 aliphatic rings. The molecule has 3 rings (SSSR count). The zero-order valence-corrected chi connectivity index (χ0v) is 10.9. The van der Waals surface area contributed by atoms with E-state index >= 15 is 0 Å². The Hall–Kier alpha value is -1.74. The summed E-state index contributed by atoms with van der Waals surface area (Å²) in [5, 5.41) is 18.4. The first-order valence-corrected chi connectivity index (χ1v) is 6.68. The lowest BCUT2D eigenvalue weighted by atomic mass is 9.80. The summed E-state index contributed by atoms with van der Waals surface area (Å²) in [4.78, 5) is 2.11. The fourth-order valence-corrected chi connectivity index (χ4v) is 2.86. The summed E-state index contributed by atoms with van der Waals surface area (Å²) in [6.07, 6.45) is 0. The highest BCUT2D eigenvalue weighted by Crippen LogP contribution is 2.28. The number of nitriles is 1. The molecule has 0 atom stereocenters. The maximum atomic E-state index is 9.67.